The molecule has 0 saturated carbocycles. The molecule has 1 aliphatic rings. The number of hydrogen-bond acceptors (Lipinski definition) is 4. The molecule has 0 bridgehead atoms. The molecule has 1 aliphatic heterocycles. The first kappa shape index (κ1) is 8.90. The Hall–Kier alpha value is -1.19. The van der Waals surface area contributed by atoms with Crippen LogP contribution in [0.5, 0.6) is 0 Å². The number of esters is 1. The summed E-state index contributed by atoms with van der Waals surface area (Å²) in [6, 6.07) is 0. The van der Waals surface area contributed by atoms with Crippen LogP contribution in [-0.2, 0) is 14.3 Å². The molecule has 1 N–H and O–H groups in total. The summed E-state index contributed by atoms with van der Waals surface area (Å²) >= 11 is 0. The van der Waals surface area contributed by atoms with Gasteiger partial charge in [-0.25, -0.2) is 4.79 Å². The van der Waals surface area contributed by atoms with Gasteiger partial charge in [0.15, 0.2) is 0 Å². The molecule has 0 aliphatic carbocycles. The summed E-state index contributed by atoms with van der Waals surface area (Å²) < 4.78 is 9.63. The van der Waals surface area contributed by atoms with Crippen LogP contribution in [0.25, 0.3) is 0 Å². The van der Waals surface area contributed by atoms with Gasteiger partial charge in [-0.15, -0.1) is 0 Å². The largest absolute Gasteiger partial charge is 0.508 e. The maximum Gasteiger partial charge on any atom is 0.377 e. The molecule has 0 aromatic heterocycles. The average Bonchev–Trinajstić information content (AvgIpc) is 2.05. The quantitative estimate of drug-likeness (QED) is 0.634. The number of carbonyl (C=O) groups is 1. The molecule has 0 fully saturated rings. The van der Waals surface area contributed by atoms with Crippen LogP contribution in [0.3, 0.4) is 0 Å². The second kappa shape index (κ2) is 3.99. The third kappa shape index (κ3) is 1.90. The number of aliphatic hydroxyl groups is 1. The average molecular weight is 172 g/mol. The van der Waals surface area contributed by atoms with E-state index >= 15 is 0 Å². The van der Waals surface area contributed by atoms with E-state index in [0.29, 0.717) is 19.6 Å². The summed E-state index contributed by atoms with van der Waals surface area (Å²) in [6.45, 7) is 2.47. The molecule has 1 rings (SSSR count). The lowest BCUT2D eigenvalue weighted by molar-refractivity contribution is -0.143. The van der Waals surface area contributed by atoms with Crippen molar-refractivity contribution < 1.29 is 19.4 Å². The Morgan fingerprint density at radius 1 is 1.75 bits per heavy atom. The van der Waals surface area contributed by atoms with Crippen molar-refractivity contribution >= 4 is 5.97 Å². The lowest BCUT2D eigenvalue weighted by Crippen LogP contribution is -2.17. The molecule has 0 aromatic carbocycles. The summed E-state index contributed by atoms with van der Waals surface area (Å²) in [5.74, 6) is -0.600. The van der Waals surface area contributed by atoms with Gasteiger partial charge in [0.05, 0.1) is 13.2 Å². The van der Waals surface area contributed by atoms with Crippen LogP contribution >= 0.6 is 0 Å². The monoisotopic (exact) mass is 172 g/mol. The van der Waals surface area contributed by atoms with Crippen molar-refractivity contribution in [1.29, 1.82) is 0 Å². The molecule has 0 spiro atoms. The minimum absolute atomic E-state index is 0.000278. The summed E-state index contributed by atoms with van der Waals surface area (Å²) in [6.07, 6.45) is 1.24. The van der Waals surface area contributed by atoms with Gasteiger partial charge in [0.2, 0.25) is 5.76 Å². The Bertz CT molecular complexity index is 207. The van der Waals surface area contributed by atoms with Gasteiger partial charge in [0.1, 0.15) is 5.76 Å². The van der Waals surface area contributed by atoms with Crippen molar-refractivity contribution in [3.05, 3.63) is 11.5 Å². The lowest BCUT2D eigenvalue weighted by Gasteiger charge is -2.15. The molecule has 0 saturated heterocycles. The molecular formula is C8H12O4. The van der Waals surface area contributed by atoms with E-state index in [1.54, 1.807) is 6.92 Å². The van der Waals surface area contributed by atoms with Gasteiger partial charge in [-0.3, -0.25) is 0 Å². The van der Waals surface area contributed by atoms with Crippen LogP contribution in [0.2, 0.25) is 0 Å². The highest BCUT2D eigenvalue weighted by Gasteiger charge is 2.21. The Labute approximate surface area is 70.8 Å². The fourth-order valence-electron chi connectivity index (χ4n) is 0.984. The van der Waals surface area contributed by atoms with E-state index < -0.39 is 5.97 Å². The van der Waals surface area contributed by atoms with Gasteiger partial charge in [-0.05, 0) is 13.3 Å². The molecule has 4 heteroatoms. The van der Waals surface area contributed by atoms with Crippen LogP contribution in [0.1, 0.15) is 19.8 Å². The first-order valence-electron chi connectivity index (χ1n) is 3.97. The standard InChI is InChI=1S/C8H12O4/c1-2-11-8(10)7-6(9)4-3-5-12-7/h9H,2-5H2,1H3. The van der Waals surface area contributed by atoms with Crippen molar-refractivity contribution in [2.75, 3.05) is 13.2 Å². The van der Waals surface area contributed by atoms with Crippen LogP contribution in [0.4, 0.5) is 0 Å². The van der Waals surface area contributed by atoms with Gasteiger partial charge in [-0.2, -0.15) is 0 Å². The van der Waals surface area contributed by atoms with Gasteiger partial charge >= 0.3 is 5.97 Å². The molecule has 4 nitrogen and oxygen atoms in total. The lowest BCUT2D eigenvalue weighted by atomic mass is 10.2. The van der Waals surface area contributed by atoms with E-state index in [9.17, 15) is 9.90 Å². The van der Waals surface area contributed by atoms with Crippen molar-refractivity contribution in [2.24, 2.45) is 0 Å². The summed E-state index contributed by atoms with van der Waals surface area (Å²) in [4.78, 5) is 11.0. The second-order valence-corrected chi connectivity index (χ2v) is 2.45. The molecule has 0 unspecified atom stereocenters. The highest BCUT2D eigenvalue weighted by atomic mass is 16.6. The third-order valence-corrected chi connectivity index (χ3v) is 1.53. The summed E-state index contributed by atoms with van der Waals surface area (Å²) in [5, 5.41) is 9.22. The topological polar surface area (TPSA) is 55.8 Å². The predicted octanol–water partition coefficient (Wildman–Crippen LogP) is 1.13. The second-order valence-electron chi connectivity index (χ2n) is 2.45. The maximum atomic E-state index is 11.0. The van der Waals surface area contributed by atoms with Gasteiger partial charge in [0, 0.05) is 6.42 Å². The van der Waals surface area contributed by atoms with E-state index in [4.69, 9.17) is 4.74 Å². The zero-order valence-electron chi connectivity index (χ0n) is 7.00. The van der Waals surface area contributed by atoms with Gasteiger partial charge in [0.25, 0.3) is 0 Å². The van der Waals surface area contributed by atoms with Crippen LogP contribution in [0.15, 0.2) is 11.5 Å². The maximum absolute atomic E-state index is 11.0. The first-order valence-corrected chi connectivity index (χ1v) is 3.97. The van der Waals surface area contributed by atoms with E-state index in [0.717, 1.165) is 6.42 Å². The molecule has 12 heavy (non-hydrogen) atoms. The molecule has 1 heterocycles. The van der Waals surface area contributed by atoms with E-state index in [-0.39, 0.29) is 11.5 Å². The van der Waals surface area contributed by atoms with E-state index in [2.05, 4.69) is 4.74 Å². The Balaban J connectivity index is 2.64. The van der Waals surface area contributed by atoms with Crippen LogP contribution in [-0.4, -0.2) is 24.3 Å². The Morgan fingerprint density at radius 2 is 2.50 bits per heavy atom. The van der Waals surface area contributed by atoms with Gasteiger partial charge < -0.3 is 14.6 Å². The van der Waals surface area contributed by atoms with Crippen molar-refractivity contribution in [3.63, 3.8) is 0 Å². The smallest absolute Gasteiger partial charge is 0.377 e. The number of allylic oxidation sites excluding steroid dienone is 1. The van der Waals surface area contributed by atoms with Crippen molar-refractivity contribution in [2.45, 2.75) is 19.8 Å². The van der Waals surface area contributed by atoms with Gasteiger partial charge in [-0.1, -0.05) is 0 Å². The van der Waals surface area contributed by atoms with Crippen LogP contribution in [0, 0.1) is 0 Å². The SMILES string of the molecule is CCOC(=O)C1=C(O)CCCO1. The number of carbonyl (C=O) groups excluding carboxylic acids is 1. The minimum Gasteiger partial charge on any atom is -0.508 e. The van der Waals surface area contributed by atoms with E-state index in [1.165, 1.54) is 0 Å². The summed E-state index contributed by atoms with van der Waals surface area (Å²) in [5.41, 5.74) is 0. The fraction of sp³-hybridized carbons (Fsp3) is 0.625. The summed E-state index contributed by atoms with van der Waals surface area (Å²) in [7, 11) is 0. The number of rotatable bonds is 2. The molecule has 0 atom stereocenters. The predicted molar refractivity (Wildman–Crippen MR) is 41.5 cm³/mol. The van der Waals surface area contributed by atoms with Crippen LogP contribution < -0.4 is 0 Å². The van der Waals surface area contributed by atoms with Crippen molar-refractivity contribution in [3.8, 4) is 0 Å². The van der Waals surface area contributed by atoms with Crippen molar-refractivity contribution in [1.82, 2.24) is 0 Å². The third-order valence-electron chi connectivity index (χ3n) is 1.53. The molecule has 0 radical (unpaired) electrons. The normalized spacial score (nSPS) is 17.1. The Morgan fingerprint density at radius 3 is 3.08 bits per heavy atom. The molecule has 0 amide bonds. The number of hydrogen-bond donors (Lipinski definition) is 1. The minimum atomic E-state index is -0.574. The number of aliphatic hydroxyl groups excluding tert-OH is 1. The highest BCUT2D eigenvalue weighted by Crippen LogP contribution is 2.17. The Kier molecular flexibility index (Phi) is 2.96. The number of ether oxygens (including phenoxy) is 2. The fourth-order valence-corrected chi connectivity index (χ4v) is 0.984. The highest BCUT2D eigenvalue weighted by molar-refractivity contribution is 5.86. The molecule has 68 valence electrons. The zero-order chi connectivity index (χ0) is 8.97. The molecule has 0 aromatic rings. The zero-order valence-corrected chi connectivity index (χ0v) is 7.00. The molecular weight excluding hydrogens is 160 g/mol. The first-order chi connectivity index (χ1) is 5.75. The van der Waals surface area contributed by atoms with E-state index in [1.807, 2.05) is 0 Å².